The zero-order valence-electron chi connectivity index (χ0n) is 17.5. The van der Waals surface area contributed by atoms with E-state index < -0.39 is 5.97 Å². The molecular formula is C25H22N2O4. The quantitative estimate of drug-likeness (QED) is 0.458. The van der Waals surface area contributed by atoms with Crippen molar-refractivity contribution >= 4 is 22.6 Å². The van der Waals surface area contributed by atoms with Crippen molar-refractivity contribution < 1.29 is 14.3 Å². The first-order valence-corrected chi connectivity index (χ1v) is 9.95. The number of carboxylic acid groups (broad SMARTS) is 1. The molecule has 0 unspecified atom stereocenters. The molecule has 2 heterocycles. The summed E-state index contributed by atoms with van der Waals surface area (Å²) >= 11 is 0. The van der Waals surface area contributed by atoms with Crippen LogP contribution in [0.5, 0.6) is 0 Å². The van der Waals surface area contributed by atoms with Gasteiger partial charge in [0, 0.05) is 23.0 Å². The number of fused-ring (bicyclic) bond motifs is 1. The van der Waals surface area contributed by atoms with E-state index in [1.54, 1.807) is 36.4 Å². The summed E-state index contributed by atoms with van der Waals surface area (Å²) in [5, 5.41) is 13.2. The SMILES string of the molecule is Cc1cc([C@@H](C)Nc2ccccc2C(=O)O)c2oc(-c3cccc(C)n3)cc(=O)c2c1. The molecule has 0 bridgehead atoms. The van der Waals surface area contributed by atoms with Gasteiger partial charge in [-0.2, -0.15) is 0 Å². The third kappa shape index (κ3) is 4.05. The summed E-state index contributed by atoms with van der Waals surface area (Å²) in [7, 11) is 0. The van der Waals surface area contributed by atoms with Crippen LogP contribution in [-0.4, -0.2) is 16.1 Å². The lowest BCUT2D eigenvalue weighted by atomic mass is 10.0. The van der Waals surface area contributed by atoms with Gasteiger partial charge in [0.15, 0.2) is 11.2 Å². The average molecular weight is 414 g/mol. The molecule has 0 radical (unpaired) electrons. The minimum absolute atomic E-state index is 0.150. The molecule has 2 aromatic heterocycles. The molecule has 2 N–H and O–H groups in total. The third-order valence-corrected chi connectivity index (χ3v) is 5.14. The molecule has 6 heteroatoms. The highest BCUT2D eigenvalue weighted by Gasteiger charge is 2.18. The van der Waals surface area contributed by atoms with Crippen LogP contribution in [0.15, 0.2) is 69.9 Å². The number of hydrogen-bond donors (Lipinski definition) is 2. The number of nitrogens with zero attached hydrogens (tertiary/aromatic N) is 1. The third-order valence-electron chi connectivity index (χ3n) is 5.14. The van der Waals surface area contributed by atoms with Crippen LogP contribution < -0.4 is 10.7 Å². The first kappa shape index (κ1) is 20.3. The minimum atomic E-state index is -1.01. The van der Waals surface area contributed by atoms with Gasteiger partial charge in [0.1, 0.15) is 11.3 Å². The number of carbonyl (C=O) groups is 1. The van der Waals surface area contributed by atoms with Gasteiger partial charge in [-0.05, 0) is 56.7 Å². The van der Waals surface area contributed by atoms with Gasteiger partial charge in [-0.3, -0.25) is 4.79 Å². The van der Waals surface area contributed by atoms with Crippen molar-refractivity contribution in [2.24, 2.45) is 0 Å². The molecule has 0 amide bonds. The molecule has 4 rings (SSSR count). The van der Waals surface area contributed by atoms with Crippen LogP contribution in [-0.2, 0) is 0 Å². The van der Waals surface area contributed by atoms with E-state index in [2.05, 4.69) is 10.3 Å². The fourth-order valence-electron chi connectivity index (χ4n) is 3.67. The number of carboxylic acids is 1. The van der Waals surface area contributed by atoms with Gasteiger partial charge < -0.3 is 14.8 Å². The summed E-state index contributed by atoms with van der Waals surface area (Å²) in [4.78, 5) is 28.9. The second-order valence-corrected chi connectivity index (χ2v) is 7.59. The molecule has 0 aliphatic rings. The monoisotopic (exact) mass is 414 g/mol. The molecule has 0 aliphatic heterocycles. The van der Waals surface area contributed by atoms with Crippen LogP contribution in [0.2, 0.25) is 0 Å². The first-order chi connectivity index (χ1) is 14.8. The number of aromatic nitrogens is 1. The Morgan fingerprint density at radius 2 is 1.84 bits per heavy atom. The Labute approximate surface area is 179 Å². The van der Waals surface area contributed by atoms with Crippen molar-refractivity contribution in [2.75, 3.05) is 5.32 Å². The van der Waals surface area contributed by atoms with Crippen LogP contribution in [0.3, 0.4) is 0 Å². The lowest BCUT2D eigenvalue weighted by molar-refractivity contribution is 0.0698. The second-order valence-electron chi connectivity index (χ2n) is 7.59. The van der Waals surface area contributed by atoms with E-state index >= 15 is 0 Å². The number of hydrogen-bond acceptors (Lipinski definition) is 5. The smallest absolute Gasteiger partial charge is 0.337 e. The lowest BCUT2D eigenvalue weighted by Crippen LogP contribution is -2.12. The maximum absolute atomic E-state index is 12.9. The summed E-state index contributed by atoms with van der Waals surface area (Å²) in [6.07, 6.45) is 0. The van der Waals surface area contributed by atoms with Crippen molar-refractivity contribution in [3.8, 4) is 11.5 Å². The van der Waals surface area contributed by atoms with Crippen molar-refractivity contribution in [3.05, 3.63) is 93.3 Å². The normalized spacial score (nSPS) is 12.0. The number of rotatable bonds is 5. The van der Waals surface area contributed by atoms with Crippen molar-refractivity contribution in [3.63, 3.8) is 0 Å². The number of aromatic carboxylic acids is 1. The zero-order chi connectivity index (χ0) is 22.1. The molecule has 0 aliphatic carbocycles. The maximum atomic E-state index is 12.9. The van der Waals surface area contributed by atoms with Gasteiger partial charge in [0.25, 0.3) is 0 Å². The highest BCUT2D eigenvalue weighted by atomic mass is 16.4. The summed E-state index contributed by atoms with van der Waals surface area (Å²) in [6, 6.07) is 17.2. The summed E-state index contributed by atoms with van der Waals surface area (Å²) in [6.45, 7) is 5.70. The van der Waals surface area contributed by atoms with Crippen molar-refractivity contribution in [2.45, 2.75) is 26.8 Å². The number of pyridine rings is 1. The van der Waals surface area contributed by atoms with Gasteiger partial charge in [-0.1, -0.05) is 24.3 Å². The van der Waals surface area contributed by atoms with Crippen LogP contribution in [0, 0.1) is 13.8 Å². The Bertz CT molecular complexity index is 1360. The summed E-state index contributed by atoms with van der Waals surface area (Å²) in [5.74, 6) is -0.617. The Morgan fingerprint density at radius 1 is 1.06 bits per heavy atom. The van der Waals surface area contributed by atoms with Gasteiger partial charge >= 0.3 is 5.97 Å². The van der Waals surface area contributed by atoms with Gasteiger partial charge in [-0.15, -0.1) is 0 Å². The van der Waals surface area contributed by atoms with E-state index in [4.69, 9.17) is 4.42 Å². The molecule has 1 atom stereocenters. The Balaban J connectivity index is 1.85. The van der Waals surface area contributed by atoms with E-state index in [-0.39, 0.29) is 17.0 Å². The lowest BCUT2D eigenvalue weighted by Gasteiger charge is -2.19. The number of anilines is 1. The fraction of sp³-hybridized carbons (Fsp3) is 0.160. The van der Waals surface area contributed by atoms with Crippen molar-refractivity contribution in [1.29, 1.82) is 0 Å². The molecular weight excluding hydrogens is 392 g/mol. The van der Waals surface area contributed by atoms with Crippen LogP contribution >= 0.6 is 0 Å². The predicted octanol–water partition coefficient (Wildman–Crippen LogP) is 5.34. The van der Waals surface area contributed by atoms with E-state index in [0.717, 1.165) is 16.8 Å². The Kier molecular flexibility index (Phi) is 5.29. The molecule has 6 nitrogen and oxygen atoms in total. The van der Waals surface area contributed by atoms with E-state index in [1.807, 2.05) is 39.0 Å². The van der Waals surface area contributed by atoms with Crippen molar-refractivity contribution in [1.82, 2.24) is 4.98 Å². The van der Waals surface area contributed by atoms with Crippen LogP contribution in [0.25, 0.3) is 22.4 Å². The minimum Gasteiger partial charge on any atom is -0.478 e. The number of para-hydroxylation sites is 1. The molecule has 4 aromatic rings. The molecule has 156 valence electrons. The molecule has 31 heavy (non-hydrogen) atoms. The van der Waals surface area contributed by atoms with Crippen LogP contribution in [0.1, 0.15) is 40.1 Å². The molecule has 0 spiro atoms. The number of nitrogens with one attached hydrogen (secondary N) is 1. The van der Waals surface area contributed by atoms with Gasteiger partial charge in [0.05, 0.1) is 17.0 Å². The number of benzene rings is 2. The molecule has 0 saturated carbocycles. The second kappa shape index (κ2) is 8.07. The molecule has 2 aromatic carbocycles. The topological polar surface area (TPSA) is 92.4 Å². The van der Waals surface area contributed by atoms with Crippen LogP contribution in [0.4, 0.5) is 5.69 Å². The van der Waals surface area contributed by atoms with Gasteiger partial charge in [0.2, 0.25) is 0 Å². The van der Waals surface area contributed by atoms with E-state index in [1.165, 1.54) is 6.07 Å². The molecule has 0 fully saturated rings. The standard InChI is InChI=1S/C25H22N2O4/c1-14-11-18(16(3)27-20-9-5-4-8-17(20)25(29)30)24-19(12-14)22(28)13-23(31-24)21-10-6-7-15(2)26-21/h4-13,16,27H,1-3H3,(H,29,30)/t16-/m1/s1. The predicted molar refractivity (Wildman–Crippen MR) is 121 cm³/mol. The first-order valence-electron chi connectivity index (χ1n) is 9.95. The largest absolute Gasteiger partial charge is 0.478 e. The highest BCUT2D eigenvalue weighted by Crippen LogP contribution is 2.31. The van der Waals surface area contributed by atoms with Gasteiger partial charge in [-0.25, -0.2) is 9.78 Å². The van der Waals surface area contributed by atoms with E-state index in [9.17, 15) is 14.7 Å². The fourth-order valence-corrected chi connectivity index (χ4v) is 3.67. The maximum Gasteiger partial charge on any atom is 0.337 e. The van der Waals surface area contributed by atoms with E-state index in [0.29, 0.717) is 28.1 Å². The summed E-state index contributed by atoms with van der Waals surface area (Å²) < 4.78 is 6.19. The Morgan fingerprint density at radius 3 is 2.58 bits per heavy atom. The number of aryl methyl sites for hydroxylation is 2. The zero-order valence-corrected chi connectivity index (χ0v) is 17.5. The average Bonchev–Trinajstić information content (AvgIpc) is 2.74. The summed E-state index contributed by atoms with van der Waals surface area (Å²) in [5.41, 5.74) is 4.07. The molecule has 0 saturated heterocycles. The highest BCUT2D eigenvalue weighted by molar-refractivity contribution is 5.94. The Hall–Kier alpha value is -3.93.